The number of likely N-dealkylation sites (tertiary alicyclic amines) is 1. The van der Waals surface area contributed by atoms with Crippen LogP contribution in [0.25, 0.3) is 10.9 Å². The lowest BCUT2D eigenvalue weighted by molar-refractivity contribution is 0.00665. The van der Waals surface area contributed by atoms with E-state index >= 15 is 0 Å². The zero-order chi connectivity index (χ0) is 31.2. The van der Waals surface area contributed by atoms with Crippen LogP contribution in [0.2, 0.25) is 0 Å². The van der Waals surface area contributed by atoms with Gasteiger partial charge in [-0.1, -0.05) is 24.3 Å². The van der Waals surface area contributed by atoms with Gasteiger partial charge in [0, 0.05) is 66.1 Å². The first-order valence-electron chi connectivity index (χ1n) is 16.0. The predicted octanol–water partition coefficient (Wildman–Crippen LogP) is 7.40. The number of carbonyl (C=O) groups excluding carboxylic acids is 1. The lowest BCUT2D eigenvalue weighted by Crippen LogP contribution is -2.49. The van der Waals surface area contributed by atoms with Crippen LogP contribution in [0.5, 0.6) is 5.75 Å². The molecule has 6 rings (SSSR count). The van der Waals surface area contributed by atoms with Crippen molar-refractivity contribution < 1.29 is 23.0 Å². The highest BCUT2D eigenvalue weighted by Gasteiger charge is 2.41. The SMILES string of the molecule is COc1cc(N2CCC3(CCN(C(=O)OC(C)(C)C)CC3)CC2)ccc1[C@@H]1c2[nH]c3ccccc3c2C[C@@H](C)N1CC(F)F. The van der Waals surface area contributed by atoms with E-state index in [2.05, 4.69) is 40.2 Å². The van der Waals surface area contributed by atoms with Crippen LogP contribution in [0.1, 0.15) is 76.2 Å². The van der Waals surface area contributed by atoms with Gasteiger partial charge in [-0.3, -0.25) is 4.90 Å². The van der Waals surface area contributed by atoms with E-state index in [0.717, 1.165) is 85.5 Å². The summed E-state index contributed by atoms with van der Waals surface area (Å²) in [6.07, 6.45) is 2.20. The largest absolute Gasteiger partial charge is 0.496 e. The number of H-pyrrole nitrogens is 1. The molecule has 1 N–H and O–H groups in total. The monoisotopic (exact) mass is 608 g/mol. The van der Waals surface area contributed by atoms with Gasteiger partial charge in [-0.15, -0.1) is 0 Å². The summed E-state index contributed by atoms with van der Waals surface area (Å²) in [7, 11) is 1.67. The van der Waals surface area contributed by atoms with Gasteiger partial charge < -0.3 is 24.3 Å². The zero-order valence-corrected chi connectivity index (χ0v) is 26.7. The molecule has 2 saturated heterocycles. The maximum absolute atomic E-state index is 13.9. The summed E-state index contributed by atoms with van der Waals surface area (Å²) < 4.78 is 39.4. The van der Waals surface area contributed by atoms with Gasteiger partial charge in [0.05, 0.1) is 19.7 Å². The van der Waals surface area contributed by atoms with Gasteiger partial charge in [0.2, 0.25) is 0 Å². The molecule has 0 unspecified atom stereocenters. The number of hydrogen-bond acceptors (Lipinski definition) is 5. The van der Waals surface area contributed by atoms with Gasteiger partial charge in [0.15, 0.2) is 0 Å². The molecule has 9 heteroatoms. The van der Waals surface area contributed by atoms with E-state index in [1.165, 1.54) is 5.56 Å². The van der Waals surface area contributed by atoms with Gasteiger partial charge in [-0.05, 0) is 82.9 Å². The Bertz CT molecular complexity index is 1480. The minimum absolute atomic E-state index is 0.0508. The number of fused-ring (bicyclic) bond motifs is 3. The Morgan fingerprint density at radius 3 is 2.39 bits per heavy atom. The Kier molecular flexibility index (Phi) is 8.28. The molecule has 1 aromatic heterocycles. The number of rotatable bonds is 5. The molecule has 1 amide bonds. The molecular formula is C35H46F2N4O3. The van der Waals surface area contributed by atoms with Gasteiger partial charge >= 0.3 is 6.09 Å². The molecule has 3 aromatic rings. The van der Waals surface area contributed by atoms with Crippen molar-refractivity contribution in [1.29, 1.82) is 0 Å². The number of ether oxygens (including phenoxy) is 2. The Morgan fingerprint density at radius 1 is 1.05 bits per heavy atom. The number of benzene rings is 2. The number of halogens is 2. The Morgan fingerprint density at radius 2 is 1.73 bits per heavy atom. The number of nitrogens with zero attached hydrogens (tertiary/aromatic N) is 3. The summed E-state index contributed by atoms with van der Waals surface area (Å²) in [4.78, 5) is 22.3. The van der Waals surface area contributed by atoms with Crippen LogP contribution in [-0.2, 0) is 11.2 Å². The second kappa shape index (κ2) is 11.9. The fourth-order valence-electron chi connectivity index (χ4n) is 7.64. The van der Waals surface area contributed by atoms with E-state index in [1.807, 2.05) is 49.6 Å². The fourth-order valence-corrected chi connectivity index (χ4v) is 7.64. The van der Waals surface area contributed by atoms with E-state index in [1.54, 1.807) is 7.11 Å². The van der Waals surface area contributed by atoms with Gasteiger partial charge in [-0.25, -0.2) is 13.6 Å². The Labute approximate surface area is 259 Å². The molecule has 0 saturated carbocycles. The number of hydrogen-bond donors (Lipinski definition) is 1. The van der Waals surface area contributed by atoms with Crippen LogP contribution in [0.15, 0.2) is 42.5 Å². The quantitative estimate of drug-likeness (QED) is 0.327. The van der Waals surface area contributed by atoms with Gasteiger partial charge in [-0.2, -0.15) is 0 Å². The average molecular weight is 609 g/mol. The molecule has 3 aliphatic rings. The molecule has 238 valence electrons. The van der Waals surface area contributed by atoms with E-state index in [4.69, 9.17) is 9.47 Å². The molecule has 0 bridgehead atoms. The van der Waals surface area contributed by atoms with E-state index in [0.29, 0.717) is 6.42 Å². The predicted molar refractivity (Wildman–Crippen MR) is 170 cm³/mol. The third kappa shape index (κ3) is 6.00. The summed E-state index contributed by atoms with van der Waals surface area (Å²) >= 11 is 0. The number of anilines is 1. The number of nitrogens with one attached hydrogen (secondary N) is 1. The minimum atomic E-state index is -2.44. The highest BCUT2D eigenvalue weighted by atomic mass is 19.3. The first-order valence-corrected chi connectivity index (χ1v) is 16.0. The second-order valence-corrected chi connectivity index (χ2v) is 14.0. The van der Waals surface area contributed by atoms with Crippen molar-refractivity contribution in [2.75, 3.05) is 44.7 Å². The Balaban J connectivity index is 1.21. The molecule has 44 heavy (non-hydrogen) atoms. The summed E-state index contributed by atoms with van der Waals surface area (Å²) in [5.74, 6) is 0.719. The highest BCUT2D eigenvalue weighted by molar-refractivity contribution is 5.85. The average Bonchev–Trinajstić information content (AvgIpc) is 3.35. The van der Waals surface area contributed by atoms with E-state index in [9.17, 15) is 13.6 Å². The van der Waals surface area contributed by atoms with Crippen LogP contribution in [0.3, 0.4) is 0 Å². The molecule has 0 radical (unpaired) electrons. The fraction of sp³-hybridized carbons (Fsp3) is 0.571. The molecule has 7 nitrogen and oxygen atoms in total. The van der Waals surface area contributed by atoms with E-state index in [-0.39, 0.29) is 30.1 Å². The molecule has 1 spiro atoms. The Hall–Kier alpha value is -3.33. The number of alkyl halides is 2. The molecule has 2 atom stereocenters. The number of aromatic nitrogens is 1. The number of methoxy groups -OCH3 is 1. The minimum Gasteiger partial charge on any atom is -0.496 e. The van der Waals surface area contributed by atoms with Gasteiger partial charge in [0.1, 0.15) is 11.4 Å². The van der Waals surface area contributed by atoms with Crippen molar-refractivity contribution in [3.63, 3.8) is 0 Å². The summed E-state index contributed by atoms with van der Waals surface area (Å²) in [6, 6.07) is 14.1. The molecular weight excluding hydrogens is 562 g/mol. The topological polar surface area (TPSA) is 61.0 Å². The van der Waals surface area contributed by atoms with Crippen LogP contribution >= 0.6 is 0 Å². The molecule has 2 aromatic carbocycles. The number of aromatic amines is 1. The molecule has 0 aliphatic carbocycles. The van der Waals surface area contributed by atoms with Crippen molar-refractivity contribution in [3.8, 4) is 5.75 Å². The normalized spacial score (nSPS) is 22.5. The summed E-state index contributed by atoms with van der Waals surface area (Å²) in [5.41, 5.74) is 4.97. The third-order valence-corrected chi connectivity index (χ3v) is 10.0. The summed E-state index contributed by atoms with van der Waals surface area (Å²) in [6.45, 7) is 10.8. The first-order chi connectivity index (χ1) is 21.0. The number of amides is 1. The standard InChI is InChI=1S/C35H46F2N4O3/c1-23-20-27-25-8-6-7-9-28(25)38-31(27)32(41(23)22-30(36)37)26-11-10-24(21-29(26)43-5)39-16-12-35(13-17-39)14-18-40(19-15-35)33(42)44-34(2,3)4/h6-11,21,23,30,32,38H,12-20,22H2,1-5H3/t23-,32-/m1/s1. The van der Waals surface area contributed by atoms with Gasteiger partial charge in [0.25, 0.3) is 6.43 Å². The summed E-state index contributed by atoms with van der Waals surface area (Å²) in [5, 5.41) is 1.16. The van der Waals surface area contributed by atoms with Crippen LogP contribution in [-0.4, -0.2) is 78.8 Å². The molecule has 4 heterocycles. The van der Waals surface area contributed by atoms with Crippen molar-refractivity contribution in [1.82, 2.24) is 14.8 Å². The van der Waals surface area contributed by atoms with Crippen molar-refractivity contribution in [2.24, 2.45) is 5.41 Å². The van der Waals surface area contributed by atoms with Crippen molar-refractivity contribution >= 4 is 22.7 Å². The van der Waals surface area contributed by atoms with Crippen LogP contribution in [0.4, 0.5) is 19.3 Å². The highest BCUT2D eigenvalue weighted by Crippen LogP contribution is 2.46. The lowest BCUT2D eigenvalue weighted by Gasteiger charge is -2.47. The smallest absolute Gasteiger partial charge is 0.410 e. The zero-order valence-electron chi connectivity index (χ0n) is 26.7. The van der Waals surface area contributed by atoms with Crippen LogP contribution in [0, 0.1) is 5.41 Å². The van der Waals surface area contributed by atoms with Crippen molar-refractivity contribution in [3.05, 3.63) is 59.3 Å². The maximum atomic E-state index is 13.9. The van der Waals surface area contributed by atoms with Crippen LogP contribution < -0.4 is 9.64 Å². The van der Waals surface area contributed by atoms with Crippen molar-refractivity contribution in [2.45, 2.75) is 83.9 Å². The number of carbonyl (C=O) groups is 1. The molecule has 2 fully saturated rings. The van der Waals surface area contributed by atoms with E-state index < -0.39 is 12.0 Å². The first kappa shape index (κ1) is 30.7. The number of para-hydroxylation sites is 1. The second-order valence-electron chi connectivity index (χ2n) is 14.0. The maximum Gasteiger partial charge on any atom is 0.410 e. The lowest BCUT2D eigenvalue weighted by atomic mass is 9.71. The third-order valence-electron chi connectivity index (χ3n) is 10.0. The number of piperidine rings is 2. The molecule has 3 aliphatic heterocycles.